The summed E-state index contributed by atoms with van der Waals surface area (Å²) < 4.78 is 7.10. The molecule has 2 heterocycles. The molecule has 0 aliphatic carbocycles. The third kappa shape index (κ3) is 4.37. The van der Waals surface area contributed by atoms with E-state index in [2.05, 4.69) is 29.2 Å². The lowest BCUT2D eigenvalue weighted by atomic mass is 10.1. The van der Waals surface area contributed by atoms with E-state index in [1.807, 2.05) is 23.7 Å². The van der Waals surface area contributed by atoms with Crippen molar-refractivity contribution in [1.82, 2.24) is 20.1 Å². The lowest BCUT2D eigenvalue weighted by Crippen LogP contribution is -2.25. The summed E-state index contributed by atoms with van der Waals surface area (Å²) in [5.74, 6) is 0. The zero-order valence-corrected chi connectivity index (χ0v) is 14.3. The van der Waals surface area contributed by atoms with Crippen LogP contribution in [-0.2, 0) is 11.3 Å². The van der Waals surface area contributed by atoms with Crippen LogP contribution in [0.15, 0.2) is 24.5 Å². The first kappa shape index (κ1) is 17.6. The van der Waals surface area contributed by atoms with E-state index in [4.69, 9.17) is 4.74 Å². The fourth-order valence-corrected chi connectivity index (χ4v) is 2.83. The Morgan fingerprint density at radius 3 is 2.65 bits per heavy atom. The minimum Gasteiger partial charge on any atom is -0.387 e. The van der Waals surface area contributed by atoms with E-state index >= 15 is 0 Å². The molecule has 0 aromatic carbocycles. The van der Waals surface area contributed by atoms with E-state index in [0.29, 0.717) is 13.2 Å². The maximum Gasteiger partial charge on any atom is 0.0915 e. The van der Waals surface area contributed by atoms with Crippen LogP contribution in [-0.4, -0.2) is 40.1 Å². The van der Waals surface area contributed by atoms with Crippen LogP contribution in [0.1, 0.15) is 41.6 Å². The second kappa shape index (κ2) is 8.19. The smallest absolute Gasteiger partial charge is 0.0915 e. The molecule has 0 bridgehead atoms. The van der Waals surface area contributed by atoms with Gasteiger partial charge < -0.3 is 15.2 Å². The number of aliphatic hydroxyl groups is 1. The molecule has 0 aliphatic rings. The highest BCUT2D eigenvalue weighted by Crippen LogP contribution is 2.22. The summed E-state index contributed by atoms with van der Waals surface area (Å²) in [5.41, 5.74) is 4.20. The van der Waals surface area contributed by atoms with Crippen molar-refractivity contribution in [2.45, 2.75) is 39.5 Å². The second-order valence-electron chi connectivity index (χ2n) is 5.73. The molecular formula is C17H26N4O2. The zero-order valence-electron chi connectivity index (χ0n) is 14.3. The van der Waals surface area contributed by atoms with Crippen molar-refractivity contribution in [1.29, 1.82) is 0 Å². The number of rotatable bonds is 8. The molecule has 126 valence electrons. The van der Waals surface area contributed by atoms with Gasteiger partial charge in [-0.15, -0.1) is 0 Å². The van der Waals surface area contributed by atoms with Gasteiger partial charge in [0.25, 0.3) is 0 Å². The lowest BCUT2D eigenvalue weighted by Gasteiger charge is -2.18. The van der Waals surface area contributed by atoms with Gasteiger partial charge in [0.1, 0.15) is 0 Å². The molecule has 0 aliphatic heterocycles. The number of nitrogens with one attached hydrogen (secondary N) is 1. The molecule has 0 spiro atoms. The van der Waals surface area contributed by atoms with Crippen molar-refractivity contribution >= 4 is 0 Å². The summed E-state index contributed by atoms with van der Waals surface area (Å²) >= 11 is 0. The third-order valence-corrected chi connectivity index (χ3v) is 4.09. The van der Waals surface area contributed by atoms with Gasteiger partial charge in [-0.3, -0.25) is 9.67 Å². The minimum absolute atomic E-state index is 0.114. The Morgan fingerprint density at radius 2 is 2.00 bits per heavy atom. The van der Waals surface area contributed by atoms with Crippen LogP contribution >= 0.6 is 0 Å². The number of aliphatic hydroxyl groups excluding tert-OH is 1. The molecule has 2 unspecified atom stereocenters. The molecule has 0 radical (unpaired) electrons. The Hall–Kier alpha value is -1.76. The van der Waals surface area contributed by atoms with Gasteiger partial charge in [0, 0.05) is 43.3 Å². The molecule has 0 fully saturated rings. The van der Waals surface area contributed by atoms with Crippen LogP contribution in [0.2, 0.25) is 0 Å². The maximum atomic E-state index is 10.2. The van der Waals surface area contributed by atoms with Crippen molar-refractivity contribution < 1.29 is 9.84 Å². The van der Waals surface area contributed by atoms with Crippen LogP contribution in [0.3, 0.4) is 0 Å². The molecule has 6 heteroatoms. The van der Waals surface area contributed by atoms with Crippen molar-refractivity contribution in [3.8, 4) is 0 Å². The Bertz CT molecular complexity index is 613. The van der Waals surface area contributed by atoms with E-state index in [9.17, 15) is 5.11 Å². The molecular weight excluding hydrogens is 292 g/mol. The molecule has 6 nitrogen and oxygen atoms in total. The summed E-state index contributed by atoms with van der Waals surface area (Å²) in [4.78, 5) is 3.97. The first-order valence-electron chi connectivity index (χ1n) is 7.88. The van der Waals surface area contributed by atoms with Gasteiger partial charge >= 0.3 is 0 Å². The topological polar surface area (TPSA) is 72.2 Å². The molecule has 2 atom stereocenters. The lowest BCUT2D eigenvalue weighted by molar-refractivity contribution is 0.170. The van der Waals surface area contributed by atoms with E-state index in [1.165, 1.54) is 5.56 Å². The van der Waals surface area contributed by atoms with E-state index < -0.39 is 6.10 Å². The molecule has 23 heavy (non-hydrogen) atoms. The molecule has 0 amide bonds. The van der Waals surface area contributed by atoms with Gasteiger partial charge in [0.15, 0.2) is 0 Å². The van der Waals surface area contributed by atoms with Crippen molar-refractivity contribution in [3.63, 3.8) is 0 Å². The Labute approximate surface area is 137 Å². The van der Waals surface area contributed by atoms with Crippen LogP contribution in [0.4, 0.5) is 0 Å². The molecule has 0 saturated heterocycles. The second-order valence-corrected chi connectivity index (χ2v) is 5.73. The SMILES string of the molecule is COCCn1nc(C)c(C(C)NCC(O)c2ccncc2)c1C. The predicted octanol–water partition coefficient (Wildman–Crippen LogP) is 1.93. The summed E-state index contributed by atoms with van der Waals surface area (Å²) in [6, 6.07) is 3.77. The quantitative estimate of drug-likeness (QED) is 0.778. The van der Waals surface area contributed by atoms with E-state index in [-0.39, 0.29) is 6.04 Å². The molecule has 0 saturated carbocycles. The van der Waals surface area contributed by atoms with E-state index in [0.717, 1.165) is 23.5 Å². The predicted molar refractivity (Wildman–Crippen MR) is 89.2 cm³/mol. The van der Waals surface area contributed by atoms with Crippen LogP contribution in [0.25, 0.3) is 0 Å². The summed E-state index contributed by atoms with van der Waals surface area (Å²) in [5, 5.41) is 18.2. The Morgan fingerprint density at radius 1 is 1.30 bits per heavy atom. The highest BCUT2D eigenvalue weighted by molar-refractivity contribution is 5.28. The highest BCUT2D eigenvalue weighted by atomic mass is 16.5. The average molecular weight is 318 g/mol. The summed E-state index contributed by atoms with van der Waals surface area (Å²) in [6.45, 7) is 8.05. The van der Waals surface area contributed by atoms with Gasteiger partial charge in [-0.25, -0.2) is 0 Å². The number of hydrogen-bond donors (Lipinski definition) is 2. The summed E-state index contributed by atoms with van der Waals surface area (Å²) in [7, 11) is 1.69. The molecule has 2 aromatic heterocycles. The number of hydrogen-bond acceptors (Lipinski definition) is 5. The van der Waals surface area contributed by atoms with Gasteiger partial charge in [-0.05, 0) is 38.5 Å². The van der Waals surface area contributed by atoms with Crippen molar-refractivity contribution in [2.75, 3.05) is 20.3 Å². The van der Waals surface area contributed by atoms with Gasteiger partial charge in [-0.1, -0.05) is 0 Å². The normalized spacial score (nSPS) is 14.0. The third-order valence-electron chi connectivity index (χ3n) is 4.09. The first-order chi connectivity index (χ1) is 11.0. The first-order valence-corrected chi connectivity index (χ1v) is 7.88. The highest BCUT2D eigenvalue weighted by Gasteiger charge is 2.18. The number of methoxy groups -OCH3 is 1. The van der Waals surface area contributed by atoms with Gasteiger partial charge in [0.2, 0.25) is 0 Å². The van der Waals surface area contributed by atoms with Crippen LogP contribution < -0.4 is 5.32 Å². The van der Waals surface area contributed by atoms with Crippen LogP contribution in [0.5, 0.6) is 0 Å². The molecule has 2 rings (SSSR count). The number of nitrogens with zero attached hydrogens (tertiary/aromatic N) is 3. The fourth-order valence-electron chi connectivity index (χ4n) is 2.83. The monoisotopic (exact) mass is 318 g/mol. The van der Waals surface area contributed by atoms with Crippen molar-refractivity contribution in [3.05, 3.63) is 47.0 Å². The average Bonchev–Trinajstić information content (AvgIpc) is 2.85. The van der Waals surface area contributed by atoms with Gasteiger partial charge in [-0.2, -0.15) is 5.10 Å². The summed E-state index contributed by atoms with van der Waals surface area (Å²) in [6.07, 6.45) is 2.83. The fraction of sp³-hybridized carbons (Fsp3) is 0.529. The Balaban J connectivity index is 2.00. The molecule has 2 aromatic rings. The van der Waals surface area contributed by atoms with Crippen LogP contribution in [0, 0.1) is 13.8 Å². The maximum absolute atomic E-state index is 10.2. The number of aryl methyl sites for hydroxylation is 1. The number of aromatic nitrogens is 3. The van der Waals surface area contributed by atoms with Crippen molar-refractivity contribution in [2.24, 2.45) is 0 Å². The number of pyridine rings is 1. The zero-order chi connectivity index (χ0) is 16.8. The standard InChI is InChI=1S/C17H26N4O2/c1-12(19-11-16(22)15-5-7-18-8-6-15)17-13(2)20-21(14(17)3)9-10-23-4/h5-8,12,16,19,22H,9-11H2,1-4H3. The molecule has 2 N–H and O–H groups in total. The minimum atomic E-state index is -0.551. The largest absolute Gasteiger partial charge is 0.387 e. The van der Waals surface area contributed by atoms with Gasteiger partial charge in [0.05, 0.1) is 24.9 Å². The van der Waals surface area contributed by atoms with E-state index in [1.54, 1.807) is 19.5 Å². The number of ether oxygens (including phenoxy) is 1. The Kier molecular flexibility index (Phi) is 6.27.